The van der Waals surface area contributed by atoms with Crippen LogP contribution in [-0.2, 0) is 10.2 Å². The SMILES string of the molecule is CN1CCC(CNS(=O)(=O)N(C)C)CC1. The molecule has 0 atom stereocenters. The van der Waals surface area contributed by atoms with Crippen LogP contribution in [0.1, 0.15) is 12.8 Å². The highest BCUT2D eigenvalue weighted by Crippen LogP contribution is 2.14. The molecule has 5 nitrogen and oxygen atoms in total. The van der Waals surface area contributed by atoms with E-state index in [0.717, 1.165) is 25.9 Å². The van der Waals surface area contributed by atoms with Crippen molar-refractivity contribution in [2.45, 2.75) is 12.8 Å². The first-order valence-electron chi connectivity index (χ1n) is 5.27. The van der Waals surface area contributed by atoms with Gasteiger partial charge in [0.15, 0.2) is 0 Å². The van der Waals surface area contributed by atoms with Crippen LogP contribution >= 0.6 is 0 Å². The smallest absolute Gasteiger partial charge is 0.278 e. The highest BCUT2D eigenvalue weighted by atomic mass is 32.2. The Hall–Kier alpha value is -0.170. The first-order valence-corrected chi connectivity index (χ1v) is 6.71. The molecule has 15 heavy (non-hydrogen) atoms. The number of hydrogen-bond acceptors (Lipinski definition) is 3. The maximum Gasteiger partial charge on any atom is 0.278 e. The van der Waals surface area contributed by atoms with Crippen molar-refractivity contribution < 1.29 is 8.42 Å². The van der Waals surface area contributed by atoms with Crippen LogP contribution in [-0.4, -0.2) is 58.4 Å². The lowest BCUT2D eigenvalue weighted by Gasteiger charge is -2.29. The summed E-state index contributed by atoms with van der Waals surface area (Å²) >= 11 is 0. The average Bonchev–Trinajstić information content (AvgIpc) is 2.17. The van der Waals surface area contributed by atoms with Crippen molar-refractivity contribution in [1.82, 2.24) is 13.9 Å². The maximum absolute atomic E-state index is 11.4. The van der Waals surface area contributed by atoms with E-state index in [4.69, 9.17) is 0 Å². The summed E-state index contributed by atoms with van der Waals surface area (Å²) in [5.41, 5.74) is 0. The van der Waals surface area contributed by atoms with Crippen LogP contribution in [0, 0.1) is 5.92 Å². The molecule has 1 aliphatic heterocycles. The highest BCUT2D eigenvalue weighted by Gasteiger charge is 2.19. The lowest BCUT2D eigenvalue weighted by Crippen LogP contribution is -2.41. The fourth-order valence-corrected chi connectivity index (χ4v) is 2.32. The van der Waals surface area contributed by atoms with Crippen molar-refractivity contribution in [3.8, 4) is 0 Å². The molecule has 1 N–H and O–H groups in total. The molecule has 0 radical (unpaired) electrons. The molecule has 0 aromatic heterocycles. The molecule has 1 rings (SSSR count). The minimum atomic E-state index is -3.24. The Morgan fingerprint density at radius 2 is 1.87 bits per heavy atom. The van der Waals surface area contributed by atoms with Gasteiger partial charge in [-0.25, -0.2) is 4.72 Å². The van der Waals surface area contributed by atoms with E-state index >= 15 is 0 Å². The number of piperidine rings is 1. The molecule has 0 bridgehead atoms. The van der Waals surface area contributed by atoms with Gasteiger partial charge in [0.25, 0.3) is 10.2 Å². The van der Waals surface area contributed by atoms with Gasteiger partial charge in [0, 0.05) is 20.6 Å². The lowest BCUT2D eigenvalue weighted by molar-refractivity contribution is 0.220. The highest BCUT2D eigenvalue weighted by molar-refractivity contribution is 7.87. The van der Waals surface area contributed by atoms with E-state index in [9.17, 15) is 8.42 Å². The van der Waals surface area contributed by atoms with E-state index in [0.29, 0.717) is 12.5 Å². The summed E-state index contributed by atoms with van der Waals surface area (Å²) in [6.45, 7) is 2.69. The molecule has 0 spiro atoms. The van der Waals surface area contributed by atoms with E-state index in [-0.39, 0.29) is 0 Å². The van der Waals surface area contributed by atoms with Gasteiger partial charge in [0.2, 0.25) is 0 Å². The molecule has 0 aromatic rings. The third-order valence-electron chi connectivity index (χ3n) is 2.87. The Morgan fingerprint density at radius 1 is 1.33 bits per heavy atom. The Bertz CT molecular complexity index is 282. The quantitative estimate of drug-likeness (QED) is 0.729. The van der Waals surface area contributed by atoms with Crippen molar-refractivity contribution in [1.29, 1.82) is 0 Å². The van der Waals surface area contributed by atoms with Crippen LogP contribution < -0.4 is 4.72 Å². The van der Waals surface area contributed by atoms with Crippen LogP contribution in [0.15, 0.2) is 0 Å². The molecule has 0 aromatic carbocycles. The number of nitrogens with zero attached hydrogens (tertiary/aromatic N) is 2. The van der Waals surface area contributed by atoms with Crippen LogP contribution in [0.5, 0.6) is 0 Å². The molecular formula is C9H21N3O2S. The largest absolute Gasteiger partial charge is 0.306 e. The van der Waals surface area contributed by atoms with Gasteiger partial charge in [-0.2, -0.15) is 12.7 Å². The second kappa shape index (κ2) is 5.25. The van der Waals surface area contributed by atoms with E-state index in [2.05, 4.69) is 16.7 Å². The van der Waals surface area contributed by atoms with Gasteiger partial charge in [-0.05, 0) is 38.9 Å². The van der Waals surface area contributed by atoms with Gasteiger partial charge < -0.3 is 4.90 Å². The Labute approximate surface area is 92.6 Å². The van der Waals surface area contributed by atoms with Crippen LogP contribution in [0.4, 0.5) is 0 Å². The third kappa shape index (κ3) is 4.06. The molecule has 0 unspecified atom stereocenters. The second-order valence-electron chi connectivity index (χ2n) is 4.38. The van der Waals surface area contributed by atoms with Crippen molar-refractivity contribution in [3.63, 3.8) is 0 Å². The first kappa shape index (κ1) is 12.9. The van der Waals surface area contributed by atoms with E-state index in [1.54, 1.807) is 0 Å². The fraction of sp³-hybridized carbons (Fsp3) is 1.00. The van der Waals surface area contributed by atoms with Crippen LogP contribution in [0.25, 0.3) is 0 Å². The number of hydrogen-bond donors (Lipinski definition) is 1. The van der Waals surface area contributed by atoms with Crippen molar-refractivity contribution in [2.24, 2.45) is 5.92 Å². The predicted molar refractivity (Wildman–Crippen MR) is 60.8 cm³/mol. The second-order valence-corrected chi connectivity index (χ2v) is 6.35. The third-order valence-corrected chi connectivity index (χ3v) is 4.37. The lowest BCUT2D eigenvalue weighted by atomic mass is 9.98. The van der Waals surface area contributed by atoms with Gasteiger partial charge in [-0.1, -0.05) is 0 Å². The zero-order chi connectivity index (χ0) is 11.5. The van der Waals surface area contributed by atoms with Crippen LogP contribution in [0.3, 0.4) is 0 Å². The van der Waals surface area contributed by atoms with Gasteiger partial charge in [0.1, 0.15) is 0 Å². The van der Waals surface area contributed by atoms with Gasteiger partial charge in [0.05, 0.1) is 0 Å². The summed E-state index contributed by atoms with van der Waals surface area (Å²) < 4.78 is 26.7. The van der Waals surface area contributed by atoms with Crippen molar-refractivity contribution in [2.75, 3.05) is 40.8 Å². The number of nitrogens with one attached hydrogen (secondary N) is 1. The van der Waals surface area contributed by atoms with Crippen molar-refractivity contribution >= 4 is 10.2 Å². The summed E-state index contributed by atoms with van der Waals surface area (Å²) in [6, 6.07) is 0. The maximum atomic E-state index is 11.4. The van der Waals surface area contributed by atoms with E-state index in [1.807, 2.05) is 0 Å². The first-order chi connectivity index (χ1) is 6.92. The normalized spacial score (nSPS) is 21.1. The summed E-state index contributed by atoms with van der Waals surface area (Å²) in [4.78, 5) is 2.27. The zero-order valence-electron chi connectivity index (χ0n) is 9.73. The van der Waals surface area contributed by atoms with Crippen molar-refractivity contribution in [3.05, 3.63) is 0 Å². The molecule has 0 saturated carbocycles. The predicted octanol–water partition coefficient (Wildman–Crippen LogP) is -0.276. The minimum absolute atomic E-state index is 0.482. The molecule has 1 fully saturated rings. The molecule has 0 aliphatic carbocycles. The summed E-state index contributed by atoms with van der Waals surface area (Å²) in [5.74, 6) is 0.482. The average molecular weight is 235 g/mol. The monoisotopic (exact) mass is 235 g/mol. The summed E-state index contributed by atoms with van der Waals surface area (Å²) in [5, 5.41) is 0. The fourth-order valence-electron chi connectivity index (χ4n) is 1.62. The van der Waals surface area contributed by atoms with Gasteiger partial charge in [-0.15, -0.1) is 0 Å². The van der Waals surface area contributed by atoms with E-state index in [1.165, 1.54) is 18.4 Å². The van der Waals surface area contributed by atoms with Crippen LogP contribution in [0.2, 0.25) is 0 Å². The standard InChI is InChI=1S/C9H21N3O2S/c1-11(2)15(13,14)10-8-9-4-6-12(3)7-5-9/h9-10H,4-8H2,1-3H3. The minimum Gasteiger partial charge on any atom is -0.306 e. The van der Waals surface area contributed by atoms with E-state index < -0.39 is 10.2 Å². The van der Waals surface area contributed by atoms with Gasteiger partial charge >= 0.3 is 0 Å². The zero-order valence-corrected chi connectivity index (χ0v) is 10.5. The summed E-state index contributed by atoms with van der Waals surface area (Å²) in [6.07, 6.45) is 2.15. The Kier molecular flexibility index (Phi) is 4.51. The molecule has 1 heterocycles. The molecule has 1 aliphatic rings. The molecule has 0 amide bonds. The molecule has 90 valence electrons. The topological polar surface area (TPSA) is 52.7 Å². The Morgan fingerprint density at radius 3 is 2.33 bits per heavy atom. The Balaban J connectivity index is 2.32. The summed E-state index contributed by atoms with van der Waals surface area (Å²) in [7, 11) is 1.93. The molecule has 1 saturated heterocycles. The van der Waals surface area contributed by atoms with Gasteiger partial charge in [-0.3, -0.25) is 0 Å². The number of rotatable bonds is 4. The molecular weight excluding hydrogens is 214 g/mol. The molecule has 6 heteroatoms. The number of likely N-dealkylation sites (tertiary alicyclic amines) is 1.